The predicted octanol–water partition coefficient (Wildman–Crippen LogP) is 3.10. The van der Waals surface area contributed by atoms with Crippen LogP contribution in [0.5, 0.6) is 0 Å². The van der Waals surface area contributed by atoms with Crippen LogP contribution in [0.15, 0.2) is 11.4 Å². The van der Waals surface area contributed by atoms with Crippen molar-refractivity contribution >= 4 is 17.4 Å². The van der Waals surface area contributed by atoms with Gasteiger partial charge in [-0.3, -0.25) is 0 Å². The summed E-state index contributed by atoms with van der Waals surface area (Å²) in [6, 6.07) is 2.35. The largest absolute Gasteiger partial charge is 0.444 e. The highest BCUT2D eigenvalue weighted by Gasteiger charge is 2.49. The maximum Gasteiger partial charge on any atom is 0.410 e. The average Bonchev–Trinajstić information content (AvgIpc) is 3.05. The lowest BCUT2D eigenvalue weighted by atomic mass is 9.87. The standard InChI is InChI=1S/C17H26N2O3S/c1-12-9-13(10-23-12)14-17(21-8-6-18-14)5-7-19(11-17)15(20)22-16(2,3)4/h9-10,14,18H,5-8,11H2,1-4H3. The molecule has 2 atom stereocenters. The van der Waals surface area contributed by atoms with Crippen LogP contribution in [-0.2, 0) is 9.47 Å². The molecule has 0 bridgehead atoms. The molecule has 1 amide bonds. The van der Waals surface area contributed by atoms with Crippen molar-refractivity contribution in [2.24, 2.45) is 0 Å². The van der Waals surface area contributed by atoms with Crippen LogP contribution in [0.1, 0.15) is 43.7 Å². The van der Waals surface area contributed by atoms with Crippen molar-refractivity contribution < 1.29 is 14.3 Å². The van der Waals surface area contributed by atoms with E-state index in [1.54, 1.807) is 16.2 Å². The van der Waals surface area contributed by atoms with Crippen molar-refractivity contribution in [3.8, 4) is 0 Å². The number of hydrogen-bond donors (Lipinski definition) is 1. The molecule has 23 heavy (non-hydrogen) atoms. The summed E-state index contributed by atoms with van der Waals surface area (Å²) in [6.07, 6.45) is 0.586. The number of amides is 1. The molecule has 1 aromatic heterocycles. The van der Waals surface area contributed by atoms with E-state index in [1.807, 2.05) is 20.8 Å². The molecule has 2 unspecified atom stereocenters. The summed E-state index contributed by atoms with van der Waals surface area (Å²) in [4.78, 5) is 15.4. The number of thiophene rings is 1. The number of hydrogen-bond acceptors (Lipinski definition) is 5. The predicted molar refractivity (Wildman–Crippen MR) is 90.9 cm³/mol. The molecule has 2 fully saturated rings. The molecule has 0 aromatic carbocycles. The monoisotopic (exact) mass is 338 g/mol. The van der Waals surface area contributed by atoms with Gasteiger partial charge in [-0.2, -0.15) is 0 Å². The van der Waals surface area contributed by atoms with Gasteiger partial charge in [0.05, 0.1) is 19.2 Å². The van der Waals surface area contributed by atoms with Crippen LogP contribution in [0.2, 0.25) is 0 Å². The van der Waals surface area contributed by atoms with E-state index in [-0.39, 0.29) is 17.7 Å². The van der Waals surface area contributed by atoms with Crippen molar-refractivity contribution in [3.63, 3.8) is 0 Å². The molecule has 5 nitrogen and oxygen atoms in total. The summed E-state index contributed by atoms with van der Waals surface area (Å²) in [5, 5.41) is 5.79. The fraction of sp³-hybridized carbons (Fsp3) is 0.706. The molecule has 1 spiro atoms. The second-order valence-corrected chi connectivity index (χ2v) is 8.56. The Morgan fingerprint density at radius 3 is 2.96 bits per heavy atom. The molecule has 6 heteroatoms. The van der Waals surface area contributed by atoms with Crippen LogP contribution in [0.3, 0.4) is 0 Å². The zero-order valence-corrected chi connectivity index (χ0v) is 15.2. The second kappa shape index (κ2) is 6.07. The topological polar surface area (TPSA) is 50.8 Å². The number of nitrogens with one attached hydrogen (secondary N) is 1. The second-order valence-electron chi connectivity index (χ2n) is 7.44. The minimum atomic E-state index is -0.470. The molecule has 0 radical (unpaired) electrons. The lowest BCUT2D eigenvalue weighted by Crippen LogP contribution is -2.54. The van der Waals surface area contributed by atoms with E-state index in [0.29, 0.717) is 19.7 Å². The third kappa shape index (κ3) is 3.54. The maximum atomic E-state index is 12.4. The Kier molecular flexibility index (Phi) is 4.42. The number of likely N-dealkylation sites (tertiary alicyclic amines) is 1. The Hall–Kier alpha value is -1.11. The van der Waals surface area contributed by atoms with Crippen molar-refractivity contribution in [2.45, 2.75) is 51.4 Å². The minimum Gasteiger partial charge on any atom is -0.444 e. The van der Waals surface area contributed by atoms with Gasteiger partial charge in [-0.05, 0) is 51.1 Å². The van der Waals surface area contributed by atoms with Gasteiger partial charge in [0.15, 0.2) is 0 Å². The third-order valence-electron chi connectivity index (χ3n) is 4.37. The molecule has 0 saturated carbocycles. The summed E-state index contributed by atoms with van der Waals surface area (Å²) >= 11 is 1.75. The Balaban J connectivity index is 1.76. The van der Waals surface area contributed by atoms with Crippen LogP contribution < -0.4 is 5.32 Å². The fourth-order valence-electron chi connectivity index (χ4n) is 3.40. The normalized spacial score (nSPS) is 28.3. The van der Waals surface area contributed by atoms with E-state index < -0.39 is 5.60 Å². The third-order valence-corrected chi connectivity index (χ3v) is 5.25. The molecule has 1 aromatic rings. The van der Waals surface area contributed by atoms with Crippen LogP contribution in [0.25, 0.3) is 0 Å². The van der Waals surface area contributed by atoms with Gasteiger partial charge in [0.25, 0.3) is 0 Å². The summed E-state index contributed by atoms with van der Waals surface area (Å²) in [5.41, 5.74) is 0.448. The Morgan fingerprint density at radius 1 is 1.52 bits per heavy atom. The first kappa shape index (κ1) is 16.7. The van der Waals surface area contributed by atoms with Crippen LogP contribution in [-0.4, -0.2) is 48.4 Å². The van der Waals surface area contributed by atoms with Gasteiger partial charge in [-0.15, -0.1) is 11.3 Å². The number of carbonyl (C=O) groups is 1. The molecule has 0 aliphatic carbocycles. The Morgan fingerprint density at radius 2 is 2.30 bits per heavy atom. The van der Waals surface area contributed by atoms with Gasteiger partial charge >= 0.3 is 6.09 Å². The Labute approximate surface area is 142 Å². The summed E-state index contributed by atoms with van der Waals surface area (Å²) in [5.74, 6) is 0. The molecule has 2 saturated heterocycles. The van der Waals surface area contributed by atoms with E-state index in [9.17, 15) is 4.79 Å². The molecular weight excluding hydrogens is 312 g/mol. The number of nitrogens with zero attached hydrogens (tertiary/aromatic N) is 1. The van der Waals surface area contributed by atoms with Gasteiger partial charge in [0, 0.05) is 18.0 Å². The fourth-order valence-corrected chi connectivity index (χ4v) is 4.13. The zero-order chi connectivity index (χ0) is 16.7. The number of ether oxygens (including phenoxy) is 2. The molecule has 128 valence electrons. The van der Waals surface area contributed by atoms with Gasteiger partial charge in [0.1, 0.15) is 11.2 Å². The van der Waals surface area contributed by atoms with Crippen molar-refractivity contribution in [3.05, 3.63) is 21.9 Å². The summed E-state index contributed by atoms with van der Waals surface area (Å²) < 4.78 is 11.7. The molecule has 3 heterocycles. The highest BCUT2D eigenvalue weighted by atomic mass is 32.1. The SMILES string of the molecule is Cc1cc(C2NCCOC23CCN(C(=O)OC(C)(C)C)C3)cs1. The maximum absolute atomic E-state index is 12.4. The van der Waals surface area contributed by atoms with E-state index in [2.05, 4.69) is 23.7 Å². The molecular formula is C17H26N2O3S. The van der Waals surface area contributed by atoms with Crippen molar-refractivity contribution in [1.82, 2.24) is 10.2 Å². The number of morpholine rings is 1. The van der Waals surface area contributed by atoms with Crippen molar-refractivity contribution in [1.29, 1.82) is 0 Å². The Bertz CT molecular complexity index is 581. The van der Waals surface area contributed by atoms with E-state index in [1.165, 1.54) is 10.4 Å². The zero-order valence-electron chi connectivity index (χ0n) is 14.3. The van der Waals surface area contributed by atoms with E-state index in [0.717, 1.165) is 13.0 Å². The van der Waals surface area contributed by atoms with E-state index in [4.69, 9.17) is 9.47 Å². The highest BCUT2D eigenvalue weighted by Crippen LogP contribution is 2.40. The first-order valence-electron chi connectivity index (χ1n) is 8.19. The lowest BCUT2D eigenvalue weighted by Gasteiger charge is -2.41. The molecule has 2 aliphatic heterocycles. The molecule has 2 aliphatic rings. The lowest BCUT2D eigenvalue weighted by molar-refractivity contribution is -0.0901. The van der Waals surface area contributed by atoms with Crippen LogP contribution in [0, 0.1) is 6.92 Å². The molecule has 1 N–H and O–H groups in total. The number of carbonyl (C=O) groups excluding carboxylic acids is 1. The number of rotatable bonds is 1. The van der Waals surface area contributed by atoms with Crippen LogP contribution in [0.4, 0.5) is 4.79 Å². The van der Waals surface area contributed by atoms with Gasteiger partial charge in [0.2, 0.25) is 0 Å². The average molecular weight is 338 g/mol. The number of aryl methyl sites for hydroxylation is 1. The quantitative estimate of drug-likeness (QED) is 0.855. The van der Waals surface area contributed by atoms with Crippen molar-refractivity contribution in [2.75, 3.05) is 26.2 Å². The van der Waals surface area contributed by atoms with Crippen LogP contribution >= 0.6 is 11.3 Å². The smallest absolute Gasteiger partial charge is 0.410 e. The van der Waals surface area contributed by atoms with E-state index >= 15 is 0 Å². The summed E-state index contributed by atoms with van der Waals surface area (Å²) in [7, 11) is 0. The first-order chi connectivity index (χ1) is 10.8. The first-order valence-corrected chi connectivity index (χ1v) is 9.07. The van der Waals surface area contributed by atoms with Gasteiger partial charge < -0.3 is 19.7 Å². The summed E-state index contributed by atoms with van der Waals surface area (Å²) in [6.45, 7) is 10.6. The molecule has 3 rings (SSSR count). The van der Waals surface area contributed by atoms with Gasteiger partial charge in [-0.25, -0.2) is 4.79 Å². The van der Waals surface area contributed by atoms with Gasteiger partial charge in [-0.1, -0.05) is 0 Å². The minimum absolute atomic E-state index is 0.133. The highest BCUT2D eigenvalue weighted by molar-refractivity contribution is 7.10.